The van der Waals surface area contributed by atoms with Crippen LogP contribution in [-0.2, 0) is 20.0 Å². The zero-order chi connectivity index (χ0) is 22.2. The first kappa shape index (κ1) is 20.2. The number of nitrogens with one attached hydrogen (secondary N) is 1. The second-order valence-corrected chi connectivity index (χ2v) is 7.86. The van der Waals surface area contributed by atoms with Crippen molar-refractivity contribution in [3.8, 4) is 23.0 Å². The Morgan fingerprint density at radius 2 is 1.81 bits per heavy atom. The molecule has 0 saturated heterocycles. The topological polar surface area (TPSA) is 89.1 Å². The molecule has 162 valence electrons. The summed E-state index contributed by atoms with van der Waals surface area (Å²) < 4.78 is 20.8. The van der Waals surface area contributed by atoms with Gasteiger partial charge in [-0.05, 0) is 48.5 Å². The monoisotopic (exact) mass is 452 g/mol. The van der Waals surface area contributed by atoms with Gasteiger partial charge in [-0.1, -0.05) is 11.6 Å². The van der Waals surface area contributed by atoms with Crippen molar-refractivity contribution in [3.05, 3.63) is 70.6 Å². The number of fused-ring (bicyclic) bond motifs is 1. The molecule has 0 aliphatic carbocycles. The van der Waals surface area contributed by atoms with Gasteiger partial charge in [0.2, 0.25) is 5.89 Å². The minimum atomic E-state index is -0.343. The summed E-state index contributed by atoms with van der Waals surface area (Å²) in [5.74, 6) is 0.179. The summed E-state index contributed by atoms with van der Waals surface area (Å²) in [5, 5.41) is 16.3. The molecule has 10 heteroatoms. The smallest absolute Gasteiger partial charge is 0.322 e. The Balaban J connectivity index is 1.39. The third kappa shape index (κ3) is 3.82. The number of amides is 2. The van der Waals surface area contributed by atoms with Crippen molar-refractivity contribution in [3.63, 3.8) is 0 Å². The number of aromatic nitrogens is 4. The molecule has 2 aromatic heterocycles. The number of hydrogen-bond donors (Lipinski definition) is 1. The number of carbonyl (C=O) groups is 1. The molecule has 0 spiro atoms. The Hall–Kier alpha value is -3.72. The molecule has 1 aliphatic heterocycles. The van der Waals surface area contributed by atoms with Crippen LogP contribution in [0.5, 0.6) is 0 Å². The van der Waals surface area contributed by atoms with E-state index in [1.54, 1.807) is 46.0 Å². The van der Waals surface area contributed by atoms with E-state index in [0.717, 1.165) is 11.3 Å². The van der Waals surface area contributed by atoms with E-state index < -0.39 is 0 Å². The fourth-order valence-corrected chi connectivity index (χ4v) is 3.83. The van der Waals surface area contributed by atoms with Crippen LogP contribution in [0.4, 0.5) is 14.9 Å². The van der Waals surface area contributed by atoms with Crippen molar-refractivity contribution in [1.82, 2.24) is 24.9 Å². The maximum atomic E-state index is 13.2. The average Bonchev–Trinajstić information content (AvgIpc) is 3.40. The lowest BCUT2D eigenvalue weighted by Crippen LogP contribution is -2.39. The van der Waals surface area contributed by atoms with Crippen LogP contribution in [0.2, 0.25) is 5.02 Å². The highest BCUT2D eigenvalue weighted by atomic mass is 35.5. The summed E-state index contributed by atoms with van der Waals surface area (Å²) in [4.78, 5) is 14.5. The molecular formula is C22H18ClFN6O2. The predicted octanol–water partition coefficient (Wildman–Crippen LogP) is 4.52. The summed E-state index contributed by atoms with van der Waals surface area (Å²) in [6.07, 6.45) is 0.645. The second-order valence-electron chi connectivity index (χ2n) is 7.43. The van der Waals surface area contributed by atoms with Gasteiger partial charge in [-0.3, -0.25) is 4.68 Å². The highest BCUT2D eigenvalue weighted by molar-refractivity contribution is 6.30. The zero-order valence-corrected chi connectivity index (χ0v) is 17.8. The van der Waals surface area contributed by atoms with E-state index in [1.165, 1.54) is 12.1 Å². The zero-order valence-electron chi connectivity index (χ0n) is 17.0. The second kappa shape index (κ2) is 8.08. The molecule has 0 saturated carbocycles. The Labute approximate surface area is 187 Å². The van der Waals surface area contributed by atoms with Crippen molar-refractivity contribution in [2.24, 2.45) is 7.05 Å². The molecule has 1 N–H and O–H groups in total. The molecule has 0 unspecified atom stereocenters. The van der Waals surface area contributed by atoms with Gasteiger partial charge >= 0.3 is 6.03 Å². The number of benzene rings is 2. The normalized spacial score (nSPS) is 13.2. The van der Waals surface area contributed by atoms with E-state index in [0.29, 0.717) is 41.5 Å². The number of urea groups is 1. The minimum absolute atomic E-state index is 0.217. The number of halogens is 2. The first-order valence-corrected chi connectivity index (χ1v) is 10.3. The lowest BCUT2D eigenvalue weighted by Gasteiger charge is -2.27. The number of carbonyl (C=O) groups excluding carboxylic acids is 1. The van der Waals surface area contributed by atoms with Crippen LogP contribution in [0, 0.1) is 5.82 Å². The van der Waals surface area contributed by atoms with Gasteiger partial charge < -0.3 is 14.6 Å². The molecule has 2 amide bonds. The van der Waals surface area contributed by atoms with Crippen LogP contribution < -0.4 is 5.32 Å². The lowest BCUT2D eigenvalue weighted by atomic mass is 10.1. The molecule has 8 nitrogen and oxygen atoms in total. The van der Waals surface area contributed by atoms with Crippen LogP contribution in [0.25, 0.3) is 23.0 Å². The van der Waals surface area contributed by atoms with Gasteiger partial charge in [0.1, 0.15) is 5.82 Å². The summed E-state index contributed by atoms with van der Waals surface area (Å²) >= 11 is 5.91. The molecule has 0 fully saturated rings. The Morgan fingerprint density at radius 1 is 1.09 bits per heavy atom. The molecule has 5 rings (SSSR count). The third-order valence-electron chi connectivity index (χ3n) is 5.34. The summed E-state index contributed by atoms with van der Waals surface area (Å²) in [6.45, 7) is 0.905. The third-order valence-corrected chi connectivity index (χ3v) is 5.60. The first-order valence-electron chi connectivity index (χ1n) is 9.94. The van der Waals surface area contributed by atoms with Gasteiger partial charge in [0.05, 0.1) is 6.54 Å². The molecule has 2 aromatic carbocycles. The fraction of sp³-hybridized carbons (Fsp3) is 0.182. The first-order chi connectivity index (χ1) is 15.5. The van der Waals surface area contributed by atoms with Crippen molar-refractivity contribution >= 4 is 23.3 Å². The Morgan fingerprint density at radius 3 is 2.56 bits per heavy atom. The van der Waals surface area contributed by atoms with E-state index >= 15 is 0 Å². The van der Waals surface area contributed by atoms with Crippen molar-refractivity contribution < 1.29 is 13.6 Å². The van der Waals surface area contributed by atoms with E-state index in [2.05, 4.69) is 20.6 Å². The summed E-state index contributed by atoms with van der Waals surface area (Å²) in [6, 6.07) is 12.5. The van der Waals surface area contributed by atoms with Gasteiger partial charge in [0.25, 0.3) is 5.89 Å². The maximum Gasteiger partial charge on any atom is 0.322 e. The largest absolute Gasteiger partial charge is 0.415 e. The van der Waals surface area contributed by atoms with E-state index in [4.69, 9.17) is 16.0 Å². The predicted molar refractivity (Wildman–Crippen MR) is 116 cm³/mol. The van der Waals surface area contributed by atoms with Crippen molar-refractivity contribution in [2.75, 3.05) is 11.9 Å². The molecule has 1 aliphatic rings. The van der Waals surface area contributed by atoms with Crippen molar-refractivity contribution in [2.45, 2.75) is 13.0 Å². The van der Waals surface area contributed by atoms with Gasteiger partial charge in [-0.15, -0.1) is 10.2 Å². The van der Waals surface area contributed by atoms with Gasteiger partial charge in [-0.25, -0.2) is 9.18 Å². The van der Waals surface area contributed by atoms with Crippen molar-refractivity contribution in [1.29, 1.82) is 0 Å². The molecule has 0 radical (unpaired) electrons. The molecular weight excluding hydrogens is 435 g/mol. The standard InChI is InChI=1S/C22H18ClFN6O2/c1-29-18-10-11-30(22(31)25-16-8-4-14(23)5-9-16)12-17(18)19(28-29)21-27-26-20(32-21)13-2-6-15(24)7-3-13/h2-9H,10-12H2,1H3,(H,25,31). The number of rotatable bonds is 3. The Kier molecular flexibility index (Phi) is 5.10. The number of nitrogens with zero attached hydrogens (tertiary/aromatic N) is 5. The molecule has 3 heterocycles. The summed E-state index contributed by atoms with van der Waals surface area (Å²) in [5.41, 5.74) is 3.68. The number of anilines is 1. The van der Waals surface area contributed by atoms with Crippen LogP contribution in [0.1, 0.15) is 11.3 Å². The quantitative estimate of drug-likeness (QED) is 0.493. The maximum absolute atomic E-state index is 13.2. The molecule has 32 heavy (non-hydrogen) atoms. The molecule has 0 bridgehead atoms. The van der Waals surface area contributed by atoms with E-state index in [-0.39, 0.29) is 23.6 Å². The average molecular weight is 453 g/mol. The van der Waals surface area contributed by atoms with E-state index in [9.17, 15) is 9.18 Å². The van der Waals surface area contributed by atoms with E-state index in [1.807, 2.05) is 7.05 Å². The number of hydrogen-bond acceptors (Lipinski definition) is 5. The van der Waals surface area contributed by atoms with Crippen LogP contribution in [0.15, 0.2) is 52.9 Å². The van der Waals surface area contributed by atoms with Gasteiger partial charge in [-0.2, -0.15) is 5.10 Å². The SMILES string of the molecule is Cn1nc(-c2nnc(-c3ccc(F)cc3)o2)c2c1CCN(C(=O)Nc1ccc(Cl)cc1)C2. The molecule has 4 aromatic rings. The highest BCUT2D eigenvalue weighted by Gasteiger charge is 2.29. The van der Waals surface area contributed by atoms with Gasteiger partial charge in [0, 0.05) is 47.5 Å². The van der Waals surface area contributed by atoms with Gasteiger partial charge in [0.15, 0.2) is 5.69 Å². The minimum Gasteiger partial charge on any atom is -0.415 e. The number of aryl methyl sites for hydroxylation is 1. The molecule has 0 atom stereocenters. The lowest BCUT2D eigenvalue weighted by molar-refractivity contribution is 0.206. The van der Waals surface area contributed by atoms with Crippen LogP contribution in [-0.4, -0.2) is 37.5 Å². The summed E-state index contributed by atoms with van der Waals surface area (Å²) in [7, 11) is 1.85. The van der Waals surface area contributed by atoms with Crippen LogP contribution >= 0.6 is 11.6 Å². The fourth-order valence-electron chi connectivity index (χ4n) is 3.70. The highest BCUT2D eigenvalue weighted by Crippen LogP contribution is 2.31. The van der Waals surface area contributed by atoms with Crippen LogP contribution in [0.3, 0.4) is 0 Å². The Bertz CT molecular complexity index is 1280.